The Morgan fingerprint density at radius 3 is 1.92 bits per heavy atom. The average Bonchev–Trinajstić information content (AvgIpc) is 2.72. The molecule has 72 valence electrons. The summed E-state index contributed by atoms with van der Waals surface area (Å²) in [6, 6.07) is 0. The maximum atomic E-state index is 8.74. The zero-order valence-electron chi connectivity index (χ0n) is 6.31. The monoisotopic (exact) mass is 214 g/mol. The smallest absolute Gasteiger partial charge is 0.511 e. The van der Waals surface area contributed by atoms with Gasteiger partial charge in [-0.05, 0) is 0 Å². The summed E-state index contributed by atoms with van der Waals surface area (Å²) in [4.78, 5) is 14.3. The standard InChI is InChI=1S/C3H5ClO.CHN.H3N.H2O3Si/c4-1-3-2-5-3;1-2;;1-4(2)3/h3H,1-2H2;1H;1H3;1-2H. The van der Waals surface area contributed by atoms with Crippen molar-refractivity contribution in [3.63, 3.8) is 0 Å². The molecule has 1 fully saturated rings. The molecule has 0 aromatic heterocycles. The summed E-state index contributed by atoms with van der Waals surface area (Å²) in [5.74, 6) is 0.667. The molecule has 8 heteroatoms. The van der Waals surface area contributed by atoms with Crippen molar-refractivity contribution in [2.75, 3.05) is 12.5 Å². The van der Waals surface area contributed by atoms with Crippen molar-refractivity contribution in [1.29, 1.82) is 5.26 Å². The third kappa shape index (κ3) is 34.6. The average molecular weight is 215 g/mol. The van der Waals surface area contributed by atoms with Gasteiger partial charge in [-0.1, -0.05) is 0 Å². The highest BCUT2D eigenvalue weighted by molar-refractivity contribution is 6.22. The number of rotatable bonds is 1. The van der Waals surface area contributed by atoms with E-state index in [9.17, 15) is 0 Å². The SMILES string of the molecule is C#N.ClCC1CO1.N.O=[Si](O)O. The van der Waals surface area contributed by atoms with Crippen LogP contribution < -0.4 is 6.15 Å². The van der Waals surface area contributed by atoms with Crippen LogP contribution in [0, 0.1) is 11.8 Å². The van der Waals surface area contributed by atoms with Gasteiger partial charge in [0.2, 0.25) is 0 Å². The fourth-order valence-electron chi connectivity index (χ4n) is 0.157. The van der Waals surface area contributed by atoms with Crippen LogP contribution in [0.5, 0.6) is 0 Å². The lowest BCUT2D eigenvalue weighted by molar-refractivity contribution is 0.330. The van der Waals surface area contributed by atoms with Crippen LogP contribution in [0.2, 0.25) is 0 Å². The van der Waals surface area contributed by atoms with E-state index in [4.69, 9.17) is 35.7 Å². The van der Waals surface area contributed by atoms with Gasteiger partial charge in [0, 0.05) is 6.57 Å². The molecule has 0 aromatic carbocycles. The largest absolute Gasteiger partial charge is 0.761 e. The van der Waals surface area contributed by atoms with Gasteiger partial charge in [0.25, 0.3) is 0 Å². The normalized spacial score (nSPS) is 16.4. The molecule has 1 heterocycles. The topological polar surface area (TPSA) is 129 Å². The van der Waals surface area contributed by atoms with Crippen LogP contribution in [0.4, 0.5) is 0 Å². The highest BCUT2D eigenvalue weighted by Gasteiger charge is 2.19. The number of nitrogens with zero attached hydrogens (tertiary/aromatic N) is 1. The van der Waals surface area contributed by atoms with Crippen molar-refractivity contribution in [3.05, 3.63) is 0 Å². The number of ether oxygens (including phenoxy) is 1. The Kier molecular flexibility index (Phi) is 18.8. The molecule has 0 amide bonds. The highest BCUT2D eigenvalue weighted by Crippen LogP contribution is 2.08. The van der Waals surface area contributed by atoms with Gasteiger partial charge in [-0.15, -0.1) is 11.6 Å². The van der Waals surface area contributed by atoms with E-state index in [0.717, 1.165) is 6.61 Å². The minimum atomic E-state index is -3.13. The maximum Gasteiger partial charge on any atom is 0.761 e. The van der Waals surface area contributed by atoms with Gasteiger partial charge in [-0.25, -0.2) is 5.26 Å². The Balaban J connectivity index is -0.000000107. The van der Waals surface area contributed by atoms with Gasteiger partial charge < -0.3 is 20.5 Å². The zero-order valence-corrected chi connectivity index (χ0v) is 8.07. The summed E-state index contributed by atoms with van der Waals surface area (Å²) < 4.78 is 13.5. The number of halogens is 1. The number of nitriles is 1. The molecule has 0 bridgehead atoms. The minimum Gasteiger partial charge on any atom is -0.511 e. The Morgan fingerprint density at radius 2 is 1.92 bits per heavy atom. The van der Waals surface area contributed by atoms with Crippen molar-refractivity contribution >= 4 is 20.8 Å². The molecule has 6 nitrogen and oxygen atoms in total. The predicted molar refractivity (Wildman–Crippen MR) is 43.0 cm³/mol. The molecular formula is C4H11ClN2O4Si. The Hall–Kier alpha value is -0.683. The van der Waals surface area contributed by atoms with Crippen LogP contribution in [-0.2, 0) is 9.20 Å². The van der Waals surface area contributed by atoms with E-state index in [0.29, 0.717) is 12.0 Å². The third-order valence-corrected chi connectivity index (χ3v) is 0.919. The second-order valence-electron chi connectivity index (χ2n) is 1.39. The second-order valence-corrected chi connectivity index (χ2v) is 2.27. The number of hydrogen-bond donors (Lipinski definition) is 3. The van der Waals surface area contributed by atoms with E-state index in [2.05, 4.69) is 6.57 Å². The summed E-state index contributed by atoms with van der Waals surface area (Å²) in [6.07, 6.45) is 0.400. The van der Waals surface area contributed by atoms with Gasteiger partial charge in [-0.2, -0.15) is 0 Å². The highest BCUT2D eigenvalue weighted by atomic mass is 35.5. The van der Waals surface area contributed by atoms with Gasteiger partial charge in [-0.3, -0.25) is 4.46 Å². The molecule has 1 unspecified atom stereocenters. The molecule has 1 atom stereocenters. The predicted octanol–water partition coefficient (Wildman–Crippen LogP) is -0.688. The van der Waals surface area contributed by atoms with Gasteiger partial charge in [0.05, 0.1) is 18.6 Å². The van der Waals surface area contributed by atoms with E-state index in [1.54, 1.807) is 0 Å². The first-order valence-corrected chi connectivity index (χ1v) is 4.35. The summed E-state index contributed by atoms with van der Waals surface area (Å²) in [5, 5.41) is 6.50. The minimum absolute atomic E-state index is 0. The number of epoxide rings is 1. The molecule has 1 aliphatic heterocycles. The first kappa shape index (κ1) is 17.4. The molecule has 12 heavy (non-hydrogen) atoms. The number of hydrogen-bond acceptors (Lipinski definition) is 4. The summed E-state index contributed by atoms with van der Waals surface area (Å²) in [6.45, 7) is 4.38. The first-order valence-electron chi connectivity index (χ1n) is 2.52. The molecule has 1 aliphatic rings. The van der Waals surface area contributed by atoms with E-state index >= 15 is 0 Å². The van der Waals surface area contributed by atoms with Crippen LogP contribution >= 0.6 is 11.6 Å². The van der Waals surface area contributed by atoms with Crippen LogP contribution in [0.1, 0.15) is 0 Å². The van der Waals surface area contributed by atoms with Crippen LogP contribution in [-0.4, -0.2) is 37.4 Å². The van der Waals surface area contributed by atoms with E-state index < -0.39 is 9.17 Å². The van der Waals surface area contributed by atoms with Gasteiger partial charge >= 0.3 is 9.17 Å². The van der Waals surface area contributed by atoms with E-state index in [-0.39, 0.29) is 6.15 Å². The van der Waals surface area contributed by atoms with Crippen LogP contribution in [0.15, 0.2) is 0 Å². The Bertz CT molecular complexity index is 125. The molecule has 1 saturated heterocycles. The van der Waals surface area contributed by atoms with Gasteiger partial charge in [0.1, 0.15) is 0 Å². The zero-order chi connectivity index (χ0) is 9.28. The fraction of sp³-hybridized carbons (Fsp3) is 0.750. The fourth-order valence-corrected chi connectivity index (χ4v) is 0.335. The lowest BCUT2D eigenvalue weighted by Gasteiger charge is -1.67. The quantitative estimate of drug-likeness (QED) is 0.301. The Labute approximate surface area is 76.8 Å². The molecule has 0 spiro atoms. The van der Waals surface area contributed by atoms with Crippen molar-refractivity contribution in [2.24, 2.45) is 0 Å². The van der Waals surface area contributed by atoms with Crippen LogP contribution in [0.25, 0.3) is 0 Å². The molecule has 0 saturated carbocycles. The Morgan fingerprint density at radius 1 is 1.67 bits per heavy atom. The summed E-state index contributed by atoms with van der Waals surface area (Å²) >= 11 is 5.27. The summed E-state index contributed by atoms with van der Waals surface area (Å²) in [5.41, 5.74) is 0. The third-order valence-electron chi connectivity index (χ3n) is 0.574. The molecule has 0 radical (unpaired) electrons. The maximum absolute atomic E-state index is 8.74. The summed E-state index contributed by atoms with van der Waals surface area (Å²) in [7, 11) is -3.13. The lowest BCUT2D eigenvalue weighted by atomic mass is 10.6. The second kappa shape index (κ2) is 12.9. The van der Waals surface area contributed by atoms with Crippen molar-refractivity contribution in [3.8, 4) is 6.57 Å². The molecule has 5 N–H and O–H groups in total. The van der Waals surface area contributed by atoms with Crippen LogP contribution in [0.3, 0.4) is 0 Å². The lowest BCUT2D eigenvalue weighted by Crippen LogP contribution is -1.90. The molecular weight excluding hydrogens is 204 g/mol. The molecule has 0 aromatic rings. The molecule has 1 rings (SSSR count). The van der Waals surface area contributed by atoms with Crippen molar-refractivity contribution in [1.82, 2.24) is 6.15 Å². The number of alkyl halides is 1. The van der Waals surface area contributed by atoms with Crippen molar-refractivity contribution in [2.45, 2.75) is 6.10 Å². The van der Waals surface area contributed by atoms with E-state index in [1.165, 1.54) is 0 Å². The van der Waals surface area contributed by atoms with E-state index in [1.807, 2.05) is 0 Å². The molecule has 0 aliphatic carbocycles. The van der Waals surface area contributed by atoms with Crippen molar-refractivity contribution < 1.29 is 18.8 Å². The first-order chi connectivity index (χ1) is 5.16. The van der Waals surface area contributed by atoms with Gasteiger partial charge in [0.15, 0.2) is 0 Å².